The Bertz CT molecular complexity index is 587. The molecule has 0 radical (unpaired) electrons. The second kappa shape index (κ2) is 7.03. The van der Waals surface area contributed by atoms with Crippen molar-refractivity contribution in [2.75, 3.05) is 26.2 Å². The van der Waals surface area contributed by atoms with Gasteiger partial charge in [-0.3, -0.25) is 4.90 Å². The molecule has 1 heterocycles. The molecule has 1 atom stereocenters. The smallest absolute Gasteiger partial charge is 0.230 e. The van der Waals surface area contributed by atoms with Crippen molar-refractivity contribution in [3.63, 3.8) is 0 Å². The van der Waals surface area contributed by atoms with Gasteiger partial charge in [0.05, 0.1) is 6.07 Å². The van der Waals surface area contributed by atoms with E-state index in [0.29, 0.717) is 32.6 Å². The summed E-state index contributed by atoms with van der Waals surface area (Å²) in [6.45, 7) is 4.91. The zero-order valence-electron chi connectivity index (χ0n) is 12.3. The van der Waals surface area contributed by atoms with Crippen molar-refractivity contribution in [2.45, 2.75) is 25.1 Å². The van der Waals surface area contributed by atoms with Crippen LogP contribution in [0.5, 0.6) is 0 Å². The Labute approximate surface area is 126 Å². The summed E-state index contributed by atoms with van der Waals surface area (Å²) in [7, 11) is -3.47. The SMILES string of the molecule is CCC(C#N)S(=O)(=O)N1CCN(Cc2ccccc2)CC1. The first-order valence-electron chi connectivity index (χ1n) is 7.22. The molecule has 0 aliphatic carbocycles. The quantitative estimate of drug-likeness (QED) is 0.825. The van der Waals surface area contributed by atoms with E-state index in [-0.39, 0.29) is 0 Å². The molecule has 1 aliphatic heterocycles. The molecule has 0 N–H and O–H groups in total. The largest absolute Gasteiger partial charge is 0.296 e. The molecule has 0 amide bonds. The lowest BCUT2D eigenvalue weighted by Gasteiger charge is -2.34. The lowest BCUT2D eigenvalue weighted by Crippen LogP contribution is -2.50. The third-order valence-corrected chi connectivity index (χ3v) is 6.06. The molecule has 1 aromatic carbocycles. The average molecular weight is 307 g/mol. The van der Waals surface area contributed by atoms with Crippen molar-refractivity contribution in [3.8, 4) is 6.07 Å². The van der Waals surface area contributed by atoms with Crippen LogP contribution in [0.1, 0.15) is 18.9 Å². The molecule has 1 saturated heterocycles. The molecule has 21 heavy (non-hydrogen) atoms. The predicted octanol–water partition coefficient (Wildman–Crippen LogP) is 1.44. The van der Waals surface area contributed by atoms with Gasteiger partial charge in [-0.1, -0.05) is 37.3 Å². The van der Waals surface area contributed by atoms with Crippen LogP contribution in [0.2, 0.25) is 0 Å². The van der Waals surface area contributed by atoms with E-state index in [4.69, 9.17) is 5.26 Å². The molecule has 1 aromatic rings. The highest BCUT2D eigenvalue weighted by Crippen LogP contribution is 2.16. The first-order valence-corrected chi connectivity index (χ1v) is 8.73. The van der Waals surface area contributed by atoms with Gasteiger partial charge in [0.15, 0.2) is 5.25 Å². The Morgan fingerprint density at radius 2 is 1.81 bits per heavy atom. The minimum Gasteiger partial charge on any atom is -0.296 e. The molecular weight excluding hydrogens is 286 g/mol. The van der Waals surface area contributed by atoms with E-state index in [0.717, 1.165) is 6.54 Å². The van der Waals surface area contributed by atoms with Gasteiger partial charge < -0.3 is 0 Å². The summed E-state index contributed by atoms with van der Waals surface area (Å²) < 4.78 is 26.1. The van der Waals surface area contributed by atoms with E-state index < -0.39 is 15.3 Å². The molecule has 1 aliphatic rings. The standard InChI is InChI=1S/C15H21N3O2S/c1-2-15(12-16)21(19,20)18-10-8-17(9-11-18)13-14-6-4-3-5-7-14/h3-7,15H,2,8-11,13H2,1H3. The highest BCUT2D eigenvalue weighted by atomic mass is 32.2. The molecule has 2 rings (SSSR count). The van der Waals surface area contributed by atoms with Crippen molar-refractivity contribution >= 4 is 10.0 Å². The monoisotopic (exact) mass is 307 g/mol. The summed E-state index contributed by atoms with van der Waals surface area (Å²) in [5.41, 5.74) is 1.23. The molecule has 0 aromatic heterocycles. The van der Waals surface area contributed by atoms with Gasteiger partial charge in [-0.05, 0) is 12.0 Å². The van der Waals surface area contributed by atoms with Crippen molar-refractivity contribution in [2.24, 2.45) is 0 Å². The van der Waals surface area contributed by atoms with Crippen molar-refractivity contribution in [1.82, 2.24) is 9.21 Å². The lowest BCUT2D eigenvalue weighted by molar-refractivity contribution is 0.181. The number of nitrogens with zero attached hydrogens (tertiary/aromatic N) is 3. The zero-order chi connectivity index (χ0) is 15.3. The summed E-state index contributed by atoms with van der Waals surface area (Å²) in [5.74, 6) is 0. The molecule has 114 valence electrons. The number of sulfonamides is 1. The summed E-state index contributed by atoms with van der Waals surface area (Å²) in [6.07, 6.45) is 0.336. The van der Waals surface area contributed by atoms with Gasteiger partial charge in [0, 0.05) is 32.7 Å². The Morgan fingerprint density at radius 1 is 1.19 bits per heavy atom. The summed E-state index contributed by atoms with van der Waals surface area (Å²) in [4.78, 5) is 2.24. The third kappa shape index (κ3) is 3.82. The number of hydrogen-bond donors (Lipinski definition) is 0. The van der Waals surface area contributed by atoms with Gasteiger partial charge in [-0.15, -0.1) is 0 Å². The van der Waals surface area contributed by atoms with Crippen molar-refractivity contribution < 1.29 is 8.42 Å². The molecule has 0 saturated carbocycles. The minimum absolute atomic E-state index is 0.336. The molecule has 0 spiro atoms. The van der Waals surface area contributed by atoms with E-state index in [2.05, 4.69) is 17.0 Å². The fourth-order valence-electron chi connectivity index (χ4n) is 2.53. The summed E-state index contributed by atoms with van der Waals surface area (Å²) >= 11 is 0. The van der Waals surface area contributed by atoms with E-state index in [1.165, 1.54) is 9.87 Å². The molecular formula is C15H21N3O2S. The normalized spacial score (nSPS) is 19.0. The van der Waals surface area contributed by atoms with Crippen LogP contribution in [0.15, 0.2) is 30.3 Å². The van der Waals surface area contributed by atoms with Crippen LogP contribution in [0.3, 0.4) is 0 Å². The molecule has 6 heteroatoms. The average Bonchev–Trinajstić information content (AvgIpc) is 2.50. The van der Waals surface area contributed by atoms with E-state index in [1.54, 1.807) is 6.92 Å². The fourth-order valence-corrected chi connectivity index (χ4v) is 4.12. The maximum atomic E-state index is 12.3. The number of hydrogen-bond acceptors (Lipinski definition) is 4. The van der Waals surface area contributed by atoms with Crippen LogP contribution in [0.25, 0.3) is 0 Å². The second-order valence-electron chi connectivity index (χ2n) is 5.23. The first-order chi connectivity index (χ1) is 10.1. The highest BCUT2D eigenvalue weighted by molar-refractivity contribution is 7.90. The fraction of sp³-hybridized carbons (Fsp3) is 0.533. The van der Waals surface area contributed by atoms with Gasteiger partial charge in [-0.25, -0.2) is 8.42 Å². The number of benzene rings is 1. The van der Waals surface area contributed by atoms with Gasteiger partial charge in [0.1, 0.15) is 0 Å². The molecule has 1 fully saturated rings. The topological polar surface area (TPSA) is 64.4 Å². The maximum Gasteiger partial charge on any atom is 0.230 e. The minimum atomic E-state index is -3.47. The zero-order valence-corrected chi connectivity index (χ0v) is 13.1. The first kappa shape index (κ1) is 16.0. The Balaban J connectivity index is 1.93. The second-order valence-corrected chi connectivity index (χ2v) is 7.35. The Kier molecular flexibility index (Phi) is 5.34. The van der Waals surface area contributed by atoms with E-state index in [1.807, 2.05) is 24.3 Å². The Hall–Kier alpha value is -1.42. The maximum absolute atomic E-state index is 12.3. The van der Waals surface area contributed by atoms with Gasteiger partial charge in [0.25, 0.3) is 0 Å². The number of nitriles is 1. The highest BCUT2D eigenvalue weighted by Gasteiger charge is 2.33. The van der Waals surface area contributed by atoms with E-state index in [9.17, 15) is 8.42 Å². The van der Waals surface area contributed by atoms with Crippen LogP contribution in [-0.4, -0.2) is 49.1 Å². The molecule has 0 bridgehead atoms. The number of rotatable bonds is 5. The van der Waals surface area contributed by atoms with Gasteiger partial charge in [0.2, 0.25) is 10.0 Å². The summed E-state index contributed by atoms with van der Waals surface area (Å²) in [5, 5.41) is 8.05. The van der Waals surface area contributed by atoms with Crippen LogP contribution in [-0.2, 0) is 16.6 Å². The van der Waals surface area contributed by atoms with Crippen molar-refractivity contribution in [1.29, 1.82) is 5.26 Å². The van der Waals surface area contributed by atoms with Crippen LogP contribution >= 0.6 is 0 Å². The number of piperazine rings is 1. The van der Waals surface area contributed by atoms with Crippen molar-refractivity contribution in [3.05, 3.63) is 35.9 Å². The third-order valence-electron chi connectivity index (χ3n) is 3.81. The molecule has 1 unspecified atom stereocenters. The van der Waals surface area contributed by atoms with E-state index >= 15 is 0 Å². The van der Waals surface area contributed by atoms with Crippen LogP contribution in [0, 0.1) is 11.3 Å². The van der Waals surface area contributed by atoms with Crippen LogP contribution < -0.4 is 0 Å². The van der Waals surface area contributed by atoms with Gasteiger partial charge >= 0.3 is 0 Å². The van der Waals surface area contributed by atoms with Crippen LogP contribution in [0.4, 0.5) is 0 Å². The summed E-state index contributed by atoms with van der Waals surface area (Å²) in [6, 6.07) is 12.1. The van der Waals surface area contributed by atoms with Gasteiger partial charge in [-0.2, -0.15) is 9.57 Å². The molecule has 5 nitrogen and oxygen atoms in total. The Morgan fingerprint density at radius 3 is 2.33 bits per heavy atom. The predicted molar refractivity (Wildman–Crippen MR) is 81.9 cm³/mol. The lowest BCUT2D eigenvalue weighted by atomic mass is 10.2.